The molecule has 3 aliphatic rings. The first-order valence-corrected chi connectivity index (χ1v) is 12.2. The molecule has 0 aromatic rings. The van der Waals surface area contributed by atoms with Crippen molar-refractivity contribution in [2.24, 2.45) is 16.8 Å². The Morgan fingerprint density at radius 3 is 2.41 bits per heavy atom. The number of carbonyl (C=O) groups is 1. The van der Waals surface area contributed by atoms with Crippen molar-refractivity contribution >= 4 is 11.9 Å². The van der Waals surface area contributed by atoms with Crippen molar-refractivity contribution in [1.29, 1.82) is 0 Å². The lowest BCUT2D eigenvalue weighted by atomic mass is 9.89. The molecule has 2 saturated heterocycles. The van der Waals surface area contributed by atoms with Gasteiger partial charge < -0.3 is 15.5 Å². The highest BCUT2D eigenvalue weighted by atomic mass is 16.1. The molecule has 1 aliphatic carbocycles. The van der Waals surface area contributed by atoms with Crippen LogP contribution in [0.25, 0.3) is 0 Å². The molecule has 6 nitrogen and oxygen atoms in total. The van der Waals surface area contributed by atoms with Crippen molar-refractivity contribution in [2.45, 2.75) is 77.2 Å². The lowest BCUT2D eigenvalue weighted by Crippen LogP contribution is -2.46. The molecule has 0 aromatic carbocycles. The molecule has 29 heavy (non-hydrogen) atoms. The molecule has 166 valence electrons. The highest BCUT2D eigenvalue weighted by molar-refractivity contribution is 5.80. The molecule has 2 N–H and O–H groups in total. The standard InChI is InChI=1S/C23H43N5O/c1-3-25-23(27-14-11-19(12-15-27)16-22(29)24-2)26-17-21-10-7-13-28(21)18-20-8-5-4-6-9-20/h19-21H,3-18H2,1-2H3,(H,24,29)(H,25,26). The number of hydrogen-bond donors (Lipinski definition) is 2. The summed E-state index contributed by atoms with van der Waals surface area (Å²) in [6.07, 6.45) is 12.6. The normalized spacial score (nSPS) is 25.4. The molecular weight excluding hydrogens is 362 g/mol. The van der Waals surface area contributed by atoms with Crippen LogP contribution in [0.2, 0.25) is 0 Å². The molecule has 0 spiro atoms. The van der Waals surface area contributed by atoms with Crippen LogP contribution in [0.1, 0.15) is 71.1 Å². The number of likely N-dealkylation sites (tertiary alicyclic amines) is 2. The van der Waals surface area contributed by atoms with Crippen molar-refractivity contribution in [3.63, 3.8) is 0 Å². The van der Waals surface area contributed by atoms with E-state index in [0.717, 1.165) is 50.9 Å². The van der Waals surface area contributed by atoms with E-state index < -0.39 is 0 Å². The number of carbonyl (C=O) groups excluding carboxylic acids is 1. The minimum atomic E-state index is 0.170. The summed E-state index contributed by atoms with van der Waals surface area (Å²) in [5.74, 6) is 2.68. The molecule has 3 rings (SSSR count). The number of piperidine rings is 1. The topological polar surface area (TPSA) is 60.0 Å². The van der Waals surface area contributed by atoms with Crippen LogP contribution in [0.5, 0.6) is 0 Å². The van der Waals surface area contributed by atoms with Gasteiger partial charge in [0.25, 0.3) is 0 Å². The van der Waals surface area contributed by atoms with Gasteiger partial charge in [0.05, 0.1) is 6.54 Å². The third-order valence-corrected chi connectivity index (χ3v) is 7.17. The number of guanidine groups is 1. The van der Waals surface area contributed by atoms with Crippen LogP contribution >= 0.6 is 0 Å². The van der Waals surface area contributed by atoms with Crippen LogP contribution in [0.3, 0.4) is 0 Å². The zero-order valence-electron chi connectivity index (χ0n) is 18.8. The predicted molar refractivity (Wildman–Crippen MR) is 120 cm³/mol. The molecule has 2 heterocycles. The van der Waals surface area contributed by atoms with Gasteiger partial charge in [0.15, 0.2) is 5.96 Å². The van der Waals surface area contributed by atoms with Gasteiger partial charge in [0, 0.05) is 45.7 Å². The van der Waals surface area contributed by atoms with Gasteiger partial charge in [-0.15, -0.1) is 0 Å². The summed E-state index contributed by atoms with van der Waals surface area (Å²) in [5.41, 5.74) is 0. The molecule has 1 atom stereocenters. The van der Waals surface area contributed by atoms with Crippen LogP contribution in [0.15, 0.2) is 4.99 Å². The Kier molecular flexibility index (Phi) is 9.09. The van der Waals surface area contributed by atoms with Crippen molar-refractivity contribution in [1.82, 2.24) is 20.4 Å². The minimum absolute atomic E-state index is 0.170. The average Bonchev–Trinajstić information content (AvgIpc) is 3.19. The summed E-state index contributed by atoms with van der Waals surface area (Å²) in [5, 5.41) is 6.28. The number of amides is 1. The molecule has 6 heteroatoms. The summed E-state index contributed by atoms with van der Waals surface area (Å²) in [7, 11) is 1.73. The Labute approximate surface area is 177 Å². The summed E-state index contributed by atoms with van der Waals surface area (Å²) in [6.45, 7) is 8.55. The maximum Gasteiger partial charge on any atom is 0.220 e. The van der Waals surface area contributed by atoms with E-state index in [-0.39, 0.29) is 5.91 Å². The third-order valence-electron chi connectivity index (χ3n) is 7.17. The van der Waals surface area contributed by atoms with Crippen molar-refractivity contribution in [3.05, 3.63) is 0 Å². The zero-order valence-corrected chi connectivity index (χ0v) is 18.8. The second kappa shape index (κ2) is 11.8. The minimum Gasteiger partial charge on any atom is -0.359 e. The second-order valence-electron chi connectivity index (χ2n) is 9.30. The summed E-state index contributed by atoms with van der Waals surface area (Å²) < 4.78 is 0. The third kappa shape index (κ3) is 6.87. The first-order chi connectivity index (χ1) is 14.2. The quantitative estimate of drug-likeness (QED) is 0.505. The number of nitrogens with one attached hydrogen (secondary N) is 2. The highest BCUT2D eigenvalue weighted by Gasteiger charge is 2.28. The lowest BCUT2D eigenvalue weighted by molar-refractivity contribution is -0.121. The number of nitrogens with zero attached hydrogens (tertiary/aromatic N) is 3. The first-order valence-electron chi connectivity index (χ1n) is 12.2. The SMILES string of the molecule is CCNC(=NCC1CCCN1CC1CCCCC1)N1CCC(CC(=O)NC)CC1. The van der Waals surface area contributed by atoms with E-state index in [4.69, 9.17) is 4.99 Å². The predicted octanol–water partition coefficient (Wildman–Crippen LogP) is 2.84. The smallest absolute Gasteiger partial charge is 0.220 e. The van der Waals surface area contributed by atoms with Gasteiger partial charge in [0.2, 0.25) is 5.91 Å². The van der Waals surface area contributed by atoms with Crippen molar-refractivity contribution < 1.29 is 4.79 Å². The van der Waals surface area contributed by atoms with Crippen LogP contribution in [-0.2, 0) is 4.79 Å². The zero-order chi connectivity index (χ0) is 20.5. The van der Waals surface area contributed by atoms with Crippen LogP contribution in [0, 0.1) is 11.8 Å². The molecule has 3 fully saturated rings. The van der Waals surface area contributed by atoms with Gasteiger partial charge in [-0.3, -0.25) is 14.7 Å². The first kappa shape index (κ1) is 22.4. The second-order valence-corrected chi connectivity index (χ2v) is 9.30. The number of rotatable bonds is 7. The van der Waals surface area contributed by atoms with Crippen LogP contribution in [-0.4, -0.2) is 74.0 Å². The largest absolute Gasteiger partial charge is 0.359 e. The molecular formula is C23H43N5O. The summed E-state index contributed by atoms with van der Waals surface area (Å²) in [6, 6.07) is 0.622. The molecule has 0 radical (unpaired) electrons. The molecule has 0 bridgehead atoms. The van der Waals surface area contributed by atoms with Gasteiger partial charge in [-0.25, -0.2) is 0 Å². The Bertz CT molecular complexity index is 523. The molecule has 1 amide bonds. The Morgan fingerprint density at radius 2 is 1.72 bits per heavy atom. The van der Waals surface area contributed by atoms with Gasteiger partial charge in [-0.1, -0.05) is 19.3 Å². The molecule has 0 aromatic heterocycles. The molecule has 2 aliphatic heterocycles. The lowest BCUT2D eigenvalue weighted by Gasteiger charge is -2.34. The van der Waals surface area contributed by atoms with E-state index in [9.17, 15) is 4.79 Å². The Hall–Kier alpha value is -1.30. The van der Waals surface area contributed by atoms with E-state index in [1.807, 2.05) is 0 Å². The van der Waals surface area contributed by atoms with E-state index in [0.29, 0.717) is 18.4 Å². The van der Waals surface area contributed by atoms with Crippen molar-refractivity contribution in [2.75, 3.05) is 46.3 Å². The van der Waals surface area contributed by atoms with Gasteiger partial charge in [-0.2, -0.15) is 0 Å². The fraction of sp³-hybridized carbons (Fsp3) is 0.913. The van der Waals surface area contributed by atoms with E-state index in [1.165, 1.54) is 58.0 Å². The van der Waals surface area contributed by atoms with Gasteiger partial charge >= 0.3 is 0 Å². The number of aliphatic imine (C=N–C) groups is 1. The molecule has 1 unspecified atom stereocenters. The van der Waals surface area contributed by atoms with Crippen LogP contribution < -0.4 is 10.6 Å². The van der Waals surface area contributed by atoms with Crippen molar-refractivity contribution in [3.8, 4) is 0 Å². The summed E-state index contributed by atoms with van der Waals surface area (Å²) in [4.78, 5) is 21.9. The maximum absolute atomic E-state index is 11.7. The van der Waals surface area contributed by atoms with Gasteiger partial charge in [0.1, 0.15) is 0 Å². The fourth-order valence-corrected chi connectivity index (χ4v) is 5.37. The molecule has 1 saturated carbocycles. The maximum atomic E-state index is 11.7. The monoisotopic (exact) mass is 405 g/mol. The van der Waals surface area contributed by atoms with E-state index in [1.54, 1.807) is 7.05 Å². The Balaban J connectivity index is 1.50. The summed E-state index contributed by atoms with van der Waals surface area (Å²) >= 11 is 0. The Morgan fingerprint density at radius 1 is 0.966 bits per heavy atom. The van der Waals surface area contributed by atoms with Gasteiger partial charge in [-0.05, 0) is 63.8 Å². The highest BCUT2D eigenvalue weighted by Crippen LogP contribution is 2.28. The number of hydrogen-bond acceptors (Lipinski definition) is 3. The average molecular weight is 406 g/mol. The van der Waals surface area contributed by atoms with Crippen LogP contribution in [0.4, 0.5) is 0 Å². The fourth-order valence-electron chi connectivity index (χ4n) is 5.37. The van der Waals surface area contributed by atoms with E-state index in [2.05, 4.69) is 27.4 Å². The van der Waals surface area contributed by atoms with E-state index >= 15 is 0 Å².